The Hall–Kier alpha value is -3.86. The van der Waals surface area contributed by atoms with E-state index in [1.807, 2.05) is 6.92 Å². The molecule has 1 saturated carbocycles. The van der Waals surface area contributed by atoms with E-state index in [2.05, 4.69) is 31.2 Å². The fourth-order valence-corrected chi connectivity index (χ4v) is 3.77. The van der Waals surface area contributed by atoms with Crippen molar-refractivity contribution < 1.29 is 22.8 Å². The SMILES string of the molecule is CCNc1ccc(C(=O)NC2(C(=O)NCc3ccc(Nc4ccc(Cl)cc4C(F)(F)F)cn3)CC2)cn1. The van der Waals surface area contributed by atoms with Gasteiger partial charge < -0.3 is 21.3 Å². The lowest BCUT2D eigenvalue weighted by Gasteiger charge is -2.17. The Morgan fingerprint density at radius 1 is 1.05 bits per heavy atom. The molecule has 2 heterocycles. The summed E-state index contributed by atoms with van der Waals surface area (Å²) in [4.78, 5) is 33.7. The Bertz CT molecular complexity index is 1280. The topological polar surface area (TPSA) is 108 Å². The fourth-order valence-electron chi connectivity index (χ4n) is 3.60. The molecule has 0 atom stereocenters. The molecule has 12 heteroatoms. The summed E-state index contributed by atoms with van der Waals surface area (Å²) in [6, 6.07) is 9.92. The highest BCUT2D eigenvalue weighted by atomic mass is 35.5. The highest BCUT2D eigenvalue weighted by Gasteiger charge is 2.51. The van der Waals surface area contributed by atoms with Crippen molar-refractivity contribution >= 4 is 40.6 Å². The lowest BCUT2D eigenvalue weighted by molar-refractivity contribution is -0.137. The number of alkyl halides is 3. The molecule has 0 bridgehead atoms. The molecule has 0 unspecified atom stereocenters. The van der Waals surface area contributed by atoms with Crippen LogP contribution < -0.4 is 21.3 Å². The number of hydrogen-bond donors (Lipinski definition) is 4. The van der Waals surface area contributed by atoms with Crippen LogP contribution in [0.1, 0.15) is 41.4 Å². The summed E-state index contributed by atoms with van der Waals surface area (Å²) in [6.07, 6.45) is -0.748. The number of carbonyl (C=O) groups excluding carboxylic acids is 2. The molecule has 0 spiro atoms. The molecule has 1 aliphatic carbocycles. The van der Waals surface area contributed by atoms with Crippen molar-refractivity contribution in [3.8, 4) is 0 Å². The van der Waals surface area contributed by atoms with Crippen LogP contribution in [0, 0.1) is 0 Å². The summed E-state index contributed by atoms with van der Waals surface area (Å²) in [5, 5.41) is 11.3. The zero-order chi connectivity index (χ0) is 26.6. The van der Waals surface area contributed by atoms with E-state index in [1.54, 1.807) is 24.3 Å². The smallest absolute Gasteiger partial charge is 0.370 e. The van der Waals surface area contributed by atoms with Crippen LogP contribution in [0.5, 0.6) is 0 Å². The summed E-state index contributed by atoms with van der Waals surface area (Å²) in [5.41, 5.74) is -0.851. The predicted molar refractivity (Wildman–Crippen MR) is 134 cm³/mol. The number of halogens is 4. The molecule has 3 aromatic rings. The van der Waals surface area contributed by atoms with Crippen molar-refractivity contribution in [2.45, 2.75) is 38.0 Å². The Morgan fingerprint density at radius 3 is 2.43 bits per heavy atom. The molecule has 2 amide bonds. The van der Waals surface area contributed by atoms with Crippen LogP contribution in [0.2, 0.25) is 5.02 Å². The van der Waals surface area contributed by atoms with Gasteiger partial charge in [-0.2, -0.15) is 13.2 Å². The lowest BCUT2D eigenvalue weighted by Crippen LogP contribution is -2.48. The van der Waals surface area contributed by atoms with Gasteiger partial charge in [-0.3, -0.25) is 14.6 Å². The Morgan fingerprint density at radius 2 is 1.84 bits per heavy atom. The standard InChI is InChI=1S/C25H24ClF3N6O2/c1-2-30-21-8-3-15(12-32-21)22(36)35-24(9-10-24)23(37)33-13-17-5-6-18(14-31-17)34-20-7-4-16(26)11-19(20)25(27,28)29/h3-8,11-12,14,34H,2,9-10,13H2,1H3,(H,30,32)(H,33,37)(H,35,36). The molecule has 1 aromatic carbocycles. The van der Waals surface area contributed by atoms with E-state index in [9.17, 15) is 22.8 Å². The van der Waals surface area contributed by atoms with Crippen LogP contribution in [-0.2, 0) is 17.5 Å². The van der Waals surface area contributed by atoms with E-state index in [0.29, 0.717) is 42.1 Å². The average Bonchev–Trinajstić information content (AvgIpc) is 3.65. The van der Waals surface area contributed by atoms with Gasteiger partial charge in [-0.1, -0.05) is 11.6 Å². The van der Waals surface area contributed by atoms with Crippen LogP contribution in [0.4, 0.5) is 30.4 Å². The summed E-state index contributed by atoms with van der Waals surface area (Å²) in [6.45, 7) is 2.73. The van der Waals surface area contributed by atoms with Crippen molar-refractivity contribution in [2.75, 3.05) is 17.2 Å². The van der Waals surface area contributed by atoms with E-state index < -0.39 is 23.2 Å². The van der Waals surface area contributed by atoms with Gasteiger partial charge in [-0.25, -0.2) is 4.98 Å². The summed E-state index contributed by atoms with van der Waals surface area (Å²) in [5.74, 6) is -0.0733. The first-order chi connectivity index (χ1) is 17.6. The van der Waals surface area contributed by atoms with Gasteiger partial charge in [0.1, 0.15) is 11.4 Å². The first-order valence-corrected chi connectivity index (χ1v) is 11.9. The minimum atomic E-state index is -4.58. The normalized spacial score (nSPS) is 14.0. The molecule has 4 rings (SSSR count). The number of aromatic nitrogens is 2. The Kier molecular flexibility index (Phi) is 7.53. The molecule has 0 radical (unpaired) electrons. The number of anilines is 3. The molecule has 4 N–H and O–H groups in total. The quantitative estimate of drug-likeness (QED) is 0.312. The minimum absolute atomic E-state index is 0.0226. The van der Waals surface area contributed by atoms with Gasteiger partial charge in [-0.05, 0) is 62.2 Å². The van der Waals surface area contributed by atoms with Crippen molar-refractivity contribution in [1.29, 1.82) is 0 Å². The zero-order valence-electron chi connectivity index (χ0n) is 19.7. The molecule has 194 valence electrons. The van der Waals surface area contributed by atoms with Crippen molar-refractivity contribution in [2.24, 2.45) is 0 Å². The molecule has 0 saturated heterocycles. The van der Waals surface area contributed by atoms with Gasteiger partial charge in [0.05, 0.1) is 40.9 Å². The van der Waals surface area contributed by atoms with Crippen LogP contribution >= 0.6 is 11.6 Å². The third-order valence-electron chi connectivity index (χ3n) is 5.74. The number of benzene rings is 1. The third kappa shape index (κ3) is 6.48. The highest BCUT2D eigenvalue weighted by Crippen LogP contribution is 2.38. The Labute approximate surface area is 216 Å². The van der Waals surface area contributed by atoms with Gasteiger partial charge >= 0.3 is 6.18 Å². The molecule has 0 aliphatic heterocycles. The van der Waals surface area contributed by atoms with Crippen molar-refractivity contribution in [1.82, 2.24) is 20.6 Å². The number of rotatable bonds is 9. The maximum Gasteiger partial charge on any atom is 0.418 e. The number of nitrogens with one attached hydrogen (secondary N) is 4. The van der Waals surface area contributed by atoms with Gasteiger partial charge in [0.2, 0.25) is 5.91 Å². The lowest BCUT2D eigenvalue weighted by atomic mass is 10.1. The van der Waals surface area contributed by atoms with Crippen molar-refractivity contribution in [3.63, 3.8) is 0 Å². The first kappa shape index (κ1) is 26.2. The first-order valence-electron chi connectivity index (χ1n) is 11.5. The largest absolute Gasteiger partial charge is 0.418 e. The second kappa shape index (κ2) is 10.6. The van der Waals surface area contributed by atoms with Gasteiger partial charge in [0, 0.05) is 17.8 Å². The van der Waals surface area contributed by atoms with E-state index in [4.69, 9.17) is 11.6 Å². The molecule has 1 aliphatic rings. The zero-order valence-corrected chi connectivity index (χ0v) is 20.5. The number of pyridine rings is 2. The van der Waals surface area contributed by atoms with Crippen LogP contribution in [0.15, 0.2) is 54.9 Å². The van der Waals surface area contributed by atoms with Gasteiger partial charge in [0.25, 0.3) is 5.91 Å². The van der Waals surface area contributed by atoms with Gasteiger partial charge in [-0.15, -0.1) is 0 Å². The van der Waals surface area contributed by atoms with Crippen LogP contribution in [0.25, 0.3) is 0 Å². The van der Waals surface area contributed by atoms with Crippen LogP contribution in [-0.4, -0.2) is 33.9 Å². The fraction of sp³-hybridized carbons (Fsp3) is 0.280. The van der Waals surface area contributed by atoms with E-state index in [0.717, 1.165) is 6.07 Å². The molecule has 37 heavy (non-hydrogen) atoms. The van der Waals surface area contributed by atoms with Gasteiger partial charge in [0.15, 0.2) is 0 Å². The number of hydrogen-bond acceptors (Lipinski definition) is 6. The maximum atomic E-state index is 13.3. The van der Waals surface area contributed by atoms with E-state index in [-0.39, 0.29) is 23.2 Å². The third-order valence-corrected chi connectivity index (χ3v) is 5.98. The second-order valence-electron chi connectivity index (χ2n) is 8.53. The van der Waals surface area contributed by atoms with E-state index in [1.165, 1.54) is 24.5 Å². The number of amides is 2. The molecular weight excluding hydrogens is 509 g/mol. The molecular formula is C25H24ClF3N6O2. The summed E-state index contributed by atoms with van der Waals surface area (Å²) in [7, 11) is 0. The highest BCUT2D eigenvalue weighted by molar-refractivity contribution is 6.30. The number of nitrogens with zero attached hydrogens (tertiary/aromatic N) is 2. The minimum Gasteiger partial charge on any atom is -0.370 e. The summed E-state index contributed by atoms with van der Waals surface area (Å²) < 4.78 is 39.9. The Balaban J connectivity index is 1.33. The molecule has 2 aromatic heterocycles. The monoisotopic (exact) mass is 532 g/mol. The molecule has 1 fully saturated rings. The molecule has 8 nitrogen and oxygen atoms in total. The van der Waals surface area contributed by atoms with Crippen LogP contribution in [0.3, 0.4) is 0 Å². The second-order valence-corrected chi connectivity index (χ2v) is 8.97. The van der Waals surface area contributed by atoms with E-state index >= 15 is 0 Å². The average molecular weight is 533 g/mol. The maximum absolute atomic E-state index is 13.3. The summed E-state index contributed by atoms with van der Waals surface area (Å²) >= 11 is 5.72. The van der Waals surface area contributed by atoms with Crippen molar-refractivity contribution in [3.05, 3.63) is 76.7 Å². The number of carbonyl (C=O) groups is 2. The predicted octanol–water partition coefficient (Wildman–Crippen LogP) is 4.90.